The van der Waals surface area contributed by atoms with Crippen molar-refractivity contribution in [2.45, 2.75) is 40.3 Å². The van der Waals surface area contributed by atoms with Crippen molar-refractivity contribution in [2.75, 3.05) is 0 Å². The highest BCUT2D eigenvalue weighted by atomic mass is 79.9. The quantitative estimate of drug-likeness (QED) is 0.870. The summed E-state index contributed by atoms with van der Waals surface area (Å²) in [5.41, 5.74) is 2.25. The van der Waals surface area contributed by atoms with Gasteiger partial charge in [0.2, 0.25) is 0 Å². The molecule has 0 aromatic carbocycles. The Balaban J connectivity index is 2.35. The van der Waals surface area contributed by atoms with Crippen molar-refractivity contribution in [1.82, 2.24) is 19.3 Å². The van der Waals surface area contributed by atoms with Crippen molar-refractivity contribution in [1.29, 1.82) is 0 Å². The lowest BCUT2D eigenvalue weighted by atomic mass is 10.3. The summed E-state index contributed by atoms with van der Waals surface area (Å²) >= 11 is 3.62. The number of aryl methyl sites for hydroxylation is 3. The second kappa shape index (κ2) is 5.04. The minimum Gasteiger partial charge on any atom is -0.329 e. The number of nitrogens with zero attached hydrogens (tertiary/aromatic N) is 4. The minimum atomic E-state index is 0.818. The van der Waals surface area contributed by atoms with Gasteiger partial charge in [-0.15, -0.1) is 0 Å². The Morgan fingerprint density at radius 3 is 2.76 bits per heavy atom. The lowest BCUT2D eigenvalue weighted by Gasteiger charge is -2.09. The van der Waals surface area contributed by atoms with Crippen LogP contribution >= 0.6 is 15.9 Å². The highest BCUT2D eigenvalue weighted by molar-refractivity contribution is 9.10. The second-order valence-corrected chi connectivity index (χ2v) is 4.78. The first-order valence-corrected chi connectivity index (χ1v) is 6.68. The first-order chi connectivity index (χ1) is 8.17. The van der Waals surface area contributed by atoms with Crippen LogP contribution in [0.4, 0.5) is 0 Å². The molecule has 0 aliphatic carbocycles. The molecule has 0 N–H and O–H groups in total. The molecular formula is C12H17BrN4. The first kappa shape index (κ1) is 12.4. The Labute approximate surface area is 110 Å². The molecule has 17 heavy (non-hydrogen) atoms. The molecule has 4 nitrogen and oxygen atoms in total. The molecule has 0 bridgehead atoms. The van der Waals surface area contributed by atoms with Crippen LogP contribution in [0.2, 0.25) is 0 Å². The first-order valence-electron chi connectivity index (χ1n) is 5.89. The highest BCUT2D eigenvalue weighted by Gasteiger charge is 2.13. The maximum Gasteiger partial charge on any atom is 0.108 e. The SMILES string of the molecule is CCc1nccn1Cc1c(Br)c(C)nn1CC. The lowest BCUT2D eigenvalue weighted by molar-refractivity contribution is 0.588. The van der Waals surface area contributed by atoms with Gasteiger partial charge in [-0.1, -0.05) is 6.92 Å². The average molecular weight is 297 g/mol. The third-order valence-corrected chi connectivity index (χ3v) is 3.92. The molecule has 0 saturated heterocycles. The van der Waals surface area contributed by atoms with Crippen LogP contribution in [0, 0.1) is 6.92 Å². The third-order valence-electron chi connectivity index (χ3n) is 2.89. The average Bonchev–Trinajstić information content (AvgIpc) is 2.88. The summed E-state index contributed by atoms with van der Waals surface area (Å²) < 4.78 is 5.32. The smallest absolute Gasteiger partial charge is 0.108 e. The molecule has 92 valence electrons. The summed E-state index contributed by atoms with van der Waals surface area (Å²) in [5.74, 6) is 1.11. The van der Waals surface area contributed by atoms with Crippen LogP contribution in [0.3, 0.4) is 0 Å². The summed E-state index contributed by atoms with van der Waals surface area (Å²) in [6.45, 7) is 7.96. The van der Waals surface area contributed by atoms with Gasteiger partial charge < -0.3 is 4.57 Å². The number of imidazole rings is 1. The van der Waals surface area contributed by atoms with Crippen molar-refractivity contribution in [3.05, 3.63) is 34.1 Å². The van der Waals surface area contributed by atoms with Crippen LogP contribution in [0.25, 0.3) is 0 Å². The molecule has 5 heteroatoms. The number of aromatic nitrogens is 4. The molecule has 2 aromatic heterocycles. The fourth-order valence-corrected chi connectivity index (χ4v) is 2.39. The molecule has 0 unspecified atom stereocenters. The topological polar surface area (TPSA) is 35.6 Å². The zero-order valence-corrected chi connectivity index (χ0v) is 12.0. The van der Waals surface area contributed by atoms with Crippen LogP contribution in [-0.2, 0) is 19.5 Å². The molecule has 0 atom stereocenters. The van der Waals surface area contributed by atoms with Gasteiger partial charge in [0.05, 0.1) is 22.4 Å². The Morgan fingerprint density at radius 1 is 1.35 bits per heavy atom. The van der Waals surface area contributed by atoms with E-state index in [0.29, 0.717) is 0 Å². The summed E-state index contributed by atoms with van der Waals surface area (Å²) in [6.07, 6.45) is 4.82. The molecule has 2 aromatic rings. The molecule has 0 saturated carbocycles. The molecular weight excluding hydrogens is 280 g/mol. The minimum absolute atomic E-state index is 0.818. The van der Waals surface area contributed by atoms with Gasteiger partial charge in [-0.05, 0) is 29.8 Å². The van der Waals surface area contributed by atoms with Gasteiger partial charge in [0.15, 0.2) is 0 Å². The summed E-state index contributed by atoms with van der Waals surface area (Å²) in [6, 6.07) is 0. The maximum absolute atomic E-state index is 4.50. The van der Waals surface area contributed by atoms with Gasteiger partial charge in [-0.3, -0.25) is 4.68 Å². The maximum atomic E-state index is 4.50. The largest absolute Gasteiger partial charge is 0.329 e. The van der Waals surface area contributed by atoms with E-state index in [4.69, 9.17) is 0 Å². The van der Waals surface area contributed by atoms with E-state index in [1.165, 1.54) is 5.69 Å². The van der Waals surface area contributed by atoms with Crippen molar-refractivity contribution >= 4 is 15.9 Å². The van der Waals surface area contributed by atoms with E-state index in [2.05, 4.69) is 44.4 Å². The number of hydrogen-bond acceptors (Lipinski definition) is 2. The van der Waals surface area contributed by atoms with Gasteiger partial charge in [0.25, 0.3) is 0 Å². The van der Waals surface area contributed by atoms with Crippen molar-refractivity contribution in [2.24, 2.45) is 0 Å². The summed E-state index contributed by atoms with van der Waals surface area (Å²) in [4.78, 5) is 4.34. The molecule has 0 spiro atoms. The van der Waals surface area contributed by atoms with Gasteiger partial charge in [-0.2, -0.15) is 5.10 Å². The van der Waals surface area contributed by atoms with Crippen LogP contribution < -0.4 is 0 Å². The van der Waals surface area contributed by atoms with Gasteiger partial charge in [-0.25, -0.2) is 4.98 Å². The Morgan fingerprint density at radius 2 is 2.12 bits per heavy atom. The Kier molecular flexibility index (Phi) is 3.66. The zero-order chi connectivity index (χ0) is 12.4. The van der Waals surface area contributed by atoms with Crippen molar-refractivity contribution in [3.63, 3.8) is 0 Å². The van der Waals surface area contributed by atoms with Crippen LogP contribution in [-0.4, -0.2) is 19.3 Å². The molecule has 0 radical (unpaired) electrons. The van der Waals surface area contributed by atoms with E-state index in [1.54, 1.807) is 0 Å². The second-order valence-electron chi connectivity index (χ2n) is 3.99. The monoisotopic (exact) mass is 296 g/mol. The van der Waals surface area contributed by atoms with E-state index in [9.17, 15) is 0 Å². The molecule has 0 amide bonds. The van der Waals surface area contributed by atoms with E-state index in [0.717, 1.165) is 35.5 Å². The Bertz CT molecular complexity index is 513. The molecule has 0 aliphatic rings. The zero-order valence-electron chi connectivity index (χ0n) is 10.4. The number of hydrogen-bond donors (Lipinski definition) is 0. The van der Waals surface area contributed by atoms with E-state index < -0.39 is 0 Å². The molecule has 0 aliphatic heterocycles. The van der Waals surface area contributed by atoms with E-state index in [1.807, 2.05) is 24.0 Å². The fourth-order valence-electron chi connectivity index (χ4n) is 1.98. The van der Waals surface area contributed by atoms with E-state index in [-0.39, 0.29) is 0 Å². The lowest BCUT2D eigenvalue weighted by Crippen LogP contribution is -2.10. The van der Waals surface area contributed by atoms with Gasteiger partial charge in [0.1, 0.15) is 5.82 Å². The van der Waals surface area contributed by atoms with Crippen molar-refractivity contribution < 1.29 is 0 Å². The summed E-state index contributed by atoms with van der Waals surface area (Å²) in [7, 11) is 0. The standard InChI is InChI=1S/C12H17BrN4/c1-4-11-14-6-7-16(11)8-10-12(13)9(3)15-17(10)5-2/h6-7H,4-5,8H2,1-3H3. The summed E-state index contributed by atoms with van der Waals surface area (Å²) in [5, 5.41) is 4.50. The Hall–Kier alpha value is -1.10. The van der Waals surface area contributed by atoms with Crippen molar-refractivity contribution in [3.8, 4) is 0 Å². The normalized spacial score (nSPS) is 11.1. The number of halogens is 1. The molecule has 0 fully saturated rings. The predicted octanol–water partition coefficient (Wildman–Crippen LogP) is 2.78. The van der Waals surface area contributed by atoms with Crippen LogP contribution in [0.5, 0.6) is 0 Å². The van der Waals surface area contributed by atoms with Gasteiger partial charge in [0, 0.05) is 25.4 Å². The van der Waals surface area contributed by atoms with Gasteiger partial charge >= 0.3 is 0 Å². The third kappa shape index (κ3) is 2.29. The fraction of sp³-hybridized carbons (Fsp3) is 0.500. The predicted molar refractivity (Wildman–Crippen MR) is 71.0 cm³/mol. The molecule has 2 heterocycles. The van der Waals surface area contributed by atoms with Crippen LogP contribution in [0.15, 0.2) is 16.9 Å². The van der Waals surface area contributed by atoms with Crippen LogP contribution in [0.1, 0.15) is 31.1 Å². The molecule has 2 rings (SSSR count). The number of rotatable bonds is 4. The van der Waals surface area contributed by atoms with E-state index >= 15 is 0 Å². The highest BCUT2D eigenvalue weighted by Crippen LogP contribution is 2.22.